The van der Waals surface area contributed by atoms with Gasteiger partial charge in [-0.25, -0.2) is 0 Å². The lowest BCUT2D eigenvalue weighted by atomic mass is 9.97. The van der Waals surface area contributed by atoms with Gasteiger partial charge >= 0.3 is 0 Å². The van der Waals surface area contributed by atoms with Crippen LogP contribution in [0.5, 0.6) is 0 Å². The molecule has 3 N–H and O–H groups in total. The first kappa shape index (κ1) is 19.8. The second-order valence-corrected chi connectivity index (χ2v) is 8.36. The molecule has 0 radical (unpaired) electrons. The van der Waals surface area contributed by atoms with Crippen molar-refractivity contribution in [2.45, 2.75) is 57.9 Å². The van der Waals surface area contributed by atoms with E-state index in [1.54, 1.807) is 11.3 Å². The van der Waals surface area contributed by atoms with Crippen LogP contribution >= 0.6 is 11.3 Å². The number of carbonyl (C=O) groups excluding carboxylic acids is 1. The molecule has 0 aliphatic heterocycles. The summed E-state index contributed by atoms with van der Waals surface area (Å²) in [5.41, 5.74) is 7.99. The van der Waals surface area contributed by atoms with Crippen LogP contribution in [0.4, 0.5) is 0 Å². The molecule has 2 aromatic rings. The van der Waals surface area contributed by atoms with E-state index in [1.165, 1.54) is 16.0 Å². The van der Waals surface area contributed by atoms with E-state index < -0.39 is 5.54 Å². The van der Waals surface area contributed by atoms with E-state index >= 15 is 0 Å². The monoisotopic (exact) mass is 359 g/mol. The number of ketones is 1. The van der Waals surface area contributed by atoms with Gasteiger partial charge in [-0.05, 0) is 63.6 Å². The van der Waals surface area contributed by atoms with Crippen molar-refractivity contribution < 1.29 is 9.90 Å². The first-order valence-electron chi connectivity index (χ1n) is 8.97. The number of carbonyl (C=O) groups is 1. The highest BCUT2D eigenvalue weighted by Crippen LogP contribution is 2.22. The van der Waals surface area contributed by atoms with Gasteiger partial charge in [-0.1, -0.05) is 29.8 Å². The molecule has 4 heteroatoms. The van der Waals surface area contributed by atoms with Crippen LogP contribution in [-0.2, 0) is 12.8 Å². The van der Waals surface area contributed by atoms with Gasteiger partial charge in [0.25, 0.3) is 0 Å². The third kappa shape index (κ3) is 6.73. The fraction of sp³-hybridized carbons (Fsp3) is 0.476. The molecule has 25 heavy (non-hydrogen) atoms. The molecule has 1 heterocycles. The number of hydrogen-bond acceptors (Lipinski definition) is 4. The first-order valence-corrected chi connectivity index (χ1v) is 9.78. The molecule has 0 fully saturated rings. The zero-order valence-electron chi connectivity index (χ0n) is 15.3. The Kier molecular flexibility index (Phi) is 7.36. The summed E-state index contributed by atoms with van der Waals surface area (Å²) >= 11 is 1.59. The fourth-order valence-electron chi connectivity index (χ4n) is 2.74. The lowest BCUT2D eigenvalue weighted by Gasteiger charge is -2.20. The maximum atomic E-state index is 12.3. The fourth-order valence-corrected chi connectivity index (χ4v) is 3.76. The average Bonchev–Trinajstić information content (AvgIpc) is 3.05. The minimum absolute atomic E-state index is 0.00214. The molecule has 2 rings (SSSR count). The van der Waals surface area contributed by atoms with E-state index in [4.69, 9.17) is 5.73 Å². The number of thiophene rings is 1. The van der Waals surface area contributed by atoms with Gasteiger partial charge in [-0.2, -0.15) is 0 Å². The number of hydrogen-bond donors (Lipinski definition) is 2. The van der Waals surface area contributed by atoms with E-state index in [0.29, 0.717) is 6.42 Å². The number of rotatable bonds is 10. The Morgan fingerprint density at radius 1 is 1.12 bits per heavy atom. The summed E-state index contributed by atoms with van der Waals surface area (Å²) in [5, 5.41) is 9.18. The molecule has 1 aromatic carbocycles. The van der Waals surface area contributed by atoms with E-state index in [1.807, 2.05) is 19.1 Å². The highest BCUT2D eigenvalue weighted by atomic mass is 32.1. The molecule has 0 saturated heterocycles. The molecule has 136 valence electrons. The van der Waals surface area contributed by atoms with E-state index in [0.717, 1.165) is 37.0 Å². The normalized spacial score (nSPS) is 13.6. The molecule has 0 unspecified atom stereocenters. The molecule has 1 aromatic heterocycles. The van der Waals surface area contributed by atoms with Crippen molar-refractivity contribution in [3.8, 4) is 0 Å². The van der Waals surface area contributed by atoms with Gasteiger partial charge in [0, 0.05) is 16.8 Å². The Hall–Kier alpha value is -1.49. The number of aryl methyl sites for hydroxylation is 3. The number of Topliss-reactive ketones (excluding diaryl/α,β-unsaturated/α-hetero) is 1. The quantitative estimate of drug-likeness (QED) is 0.622. The SMILES string of the molecule is Cc1ccc(CCCC(=O)c2ccc(CCC[C@@](C)(N)CO)s2)cc1. The Balaban J connectivity index is 1.75. The van der Waals surface area contributed by atoms with Crippen LogP contribution in [0.2, 0.25) is 0 Å². The molecule has 0 aliphatic carbocycles. The largest absolute Gasteiger partial charge is 0.394 e. The number of aliphatic hydroxyl groups excluding tert-OH is 1. The smallest absolute Gasteiger partial charge is 0.172 e. The van der Waals surface area contributed by atoms with Crippen LogP contribution in [0, 0.1) is 6.92 Å². The predicted molar refractivity (Wildman–Crippen MR) is 105 cm³/mol. The average molecular weight is 360 g/mol. The van der Waals surface area contributed by atoms with Gasteiger partial charge in [-0.3, -0.25) is 4.79 Å². The molecule has 0 spiro atoms. The second-order valence-electron chi connectivity index (χ2n) is 7.19. The molecular formula is C21H29NO2S. The lowest BCUT2D eigenvalue weighted by Crippen LogP contribution is -2.40. The summed E-state index contributed by atoms with van der Waals surface area (Å²) in [6.45, 7) is 3.95. The highest BCUT2D eigenvalue weighted by molar-refractivity contribution is 7.14. The molecule has 0 bridgehead atoms. The summed E-state index contributed by atoms with van der Waals surface area (Å²) < 4.78 is 0. The maximum absolute atomic E-state index is 12.3. The summed E-state index contributed by atoms with van der Waals surface area (Å²) in [7, 11) is 0. The van der Waals surface area contributed by atoms with Crippen molar-refractivity contribution in [3.05, 3.63) is 57.3 Å². The highest BCUT2D eigenvalue weighted by Gasteiger charge is 2.16. The van der Waals surface area contributed by atoms with Crippen LogP contribution in [0.1, 0.15) is 58.3 Å². The Bertz CT molecular complexity index is 673. The van der Waals surface area contributed by atoms with Crippen LogP contribution in [-0.4, -0.2) is 23.0 Å². The number of benzene rings is 1. The zero-order valence-corrected chi connectivity index (χ0v) is 16.1. The first-order chi connectivity index (χ1) is 11.9. The van der Waals surface area contributed by atoms with Crippen molar-refractivity contribution >= 4 is 17.1 Å². The number of aliphatic hydroxyl groups is 1. The molecule has 1 atom stereocenters. The van der Waals surface area contributed by atoms with Gasteiger partial charge in [0.1, 0.15) is 0 Å². The Morgan fingerprint density at radius 3 is 2.52 bits per heavy atom. The summed E-state index contributed by atoms with van der Waals surface area (Å²) in [4.78, 5) is 14.4. The van der Waals surface area contributed by atoms with Crippen molar-refractivity contribution in [1.29, 1.82) is 0 Å². The predicted octanol–water partition coefficient (Wildman–Crippen LogP) is 4.29. The second kappa shape index (κ2) is 9.27. The Labute approximate surface area is 154 Å². The number of nitrogens with two attached hydrogens (primary N) is 1. The maximum Gasteiger partial charge on any atom is 0.172 e. The van der Waals surface area contributed by atoms with Crippen molar-refractivity contribution in [2.24, 2.45) is 5.73 Å². The molecule has 0 saturated carbocycles. The standard InChI is InChI=1S/C21H29NO2S/c1-16-8-10-17(11-9-16)5-3-7-19(24)20-13-12-18(25-20)6-4-14-21(2,22)15-23/h8-13,23H,3-7,14-15,22H2,1-2H3/t21-/m1/s1. The van der Waals surface area contributed by atoms with Crippen LogP contribution in [0.15, 0.2) is 36.4 Å². The van der Waals surface area contributed by atoms with Crippen LogP contribution in [0.25, 0.3) is 0 Å². The molecule has 0 amide bonds. The van der Waals surface area contributed by atoms with E-state index in [2.05, 4.69) is 31.2 Å². The van der Waals surface area contributed by atoms with Gasteiger partial charge < -0.3 is 10.8 Å². The van der Waals surface area contributed by atoms with Crippen molar-refractivity contribution in [3.63, 3.8) is 0 Å². The van der Waals surface area contributed by atoms with Crippen LogP contribution in [0.3, 0.4) is 0 Å². The van der Waals surface area contributed by atoms with Gasteiger partial charge in [-0.15, -0.1) is 11.3 Å². The van der Waals surface area contributed by atoms with Crippen LogP contribution < -0.4 is 5.73 Å². The molecular weight excluding hydrogens is 330 g/mol. The van der Waals surface area contributed by atoms with E-state index in [-0.39, 0.29) is 12.4 Å². The summed E-state index contributed by atoms with van der Waals surface area (Å²) in [6.07, 6.45) is 5.04. The Morgan fingerprint density at radius 2 is 1.84 bits per heavy atom. The van der Waals surface area contributed by atoms with Crippen molar-refractivity contribution in [1.82, 2.24) is 0 Å². The minimum Gasteiger partial charge on any atom is -0.394 e. The van der Waals surface area contributed by atoms with Gasteiger partial charge in [0.05, 0.1) is 11.5 Å². The van der Waals surface area contributed by atoms with Gasteiger partial charge in [0.2, 0.25) is 0 Å². The van der Waals surface area contributed by atoms with E-state index in [9.17, 15) is 9.90 Å². The summed E-state index contributed by atoms with van der Waals surface area (Å²) in [5.74, 6) is 0.238. The summed E-state index contributed by atoms with van der Waals surface area (Å²) in [6, 6.07) is 12.5. The zero-order chi connectivity index (χ0) is 18.3. The minimum atomic E-state index is -0.508. The third-order valence-corrected chi connectivity index (χ3v) is 5.64. The topological polar surface area (TPSA) is 63.3 Å². The molecule has 0 aliphatic rings. The lowest BCUT2D eigenvalue weighted by molar-refractivity contribution is 0.0984. The third-order valence-electron chi connectivity index (χ3n) is 4.46. The molecule has 3 nitrogen and oxygen atoms in total. The van der Waals surface area contributed by atoms with Gasteiger partial charge in [0.15, 0.2) is 5.78 Å². The van der Waals surface area contributed by atoms with Crippen molar-refractivity contribution in [2.75, 3.05) is 6.61 Å².